The molecule has 9 nitrogen and oxygen atoms in total. The summed E-state index contributed by atoms with van der Waals surface area (Å²) >= 11 is 1.31. The van der Waals surface area contributed by atoms with E-state index in [2.05, 4.69) is 16.0 Å². The Morgan fingerprint density at radius 1 is 1.28 bits per heavy atom. The van der Waals surface area contributed by atoms with Crippen LogP contribution in [0.5, 0.6) is 0 Å². The summed E-state index contributed by atoms with van der Waals surface area (Å²) in [7, 11) is 0. The van der Waals surface area contributed by atoms with Gasteiger partial charge in [0.05, 0.1) is 11.4 Å². The van der Waals surface area contributed by atoms with Crippen LogP contribution in [0.3, 0.4) is 0 Å². The van der Waals surface area contributed by atoms with Gasteiger partial charge in [0.15, 0.2) is 0 Å². The molecule has 3 heterocycles. The van der Waals surface area contributed by atoms with E-state index in [4.69, 9.17) is 0 Å². The predicted molar refractivity (Wildman–Crippen MR) is 109 cm³/mol. The first kappa shape index (κ1) is 21.1. The van der Waals surface area contributed by atoms with Gasteiger partial charge in [-0.25, -0.2) is 4.79 Å². The van der Waals surface area contributed by atoms with Crippen LogP contribution in [0.25, 0.3) is 0 Å². The molecule has 1 aromatic rings. The Hall–Kier alpha value is -2.62. The first-order valence-electron chi connectivity index (χ1n) is 9.85. The van der Waals surface area contributed by atoms with Crippen molar-refractivity contribution in [3.8, 4) is 0 Å². The number of piperidine rings is 1. The van der Waals surface area contributed by atoms with E-state index in [1.165, 1.54) is 16.2 Å². The summed E-state index contributed by atoms with van der Waals surface area (Å²) in [6.45, 7) is 4.98. The van der Waals surface area contributed by atoms with Gasteiger partial charge >= 0.3 is 6.03 Å². The minimum absolute atomic E-state index is 0.0357. The van der Waals surface area contributed by atoms with Crippen molar-refractivity contribution in [2.45, 2.75) is 44.8 Å². The molecule has 10 heteroatoms. The number of nitrogens with one attached hydrogen (secondary N) is 3. The SMILES string of the molecule is CC(C)NC(=O)N1CCN(C(=O)c2cccs2)[C@@H](C(=O)N[C@H]2CCCNC2=O)C1. The summed E-state index contributed by atoms with van der Waals surface area (Å²) in [6.07, 6.45) is 1.34. The highest BCUT2D eigenvalue weighted by Gasteiger charge is 2.39. The van der Waals surface area contributed by atoms with Gasteiger partial charge in [-0.15, -0.1) is 11.3 Å². The van der Waals surface area contributed by atoms with Gasteiger partial charge in [0.25, 0.3) is 5.91 Å². The van der Waals surface area contributed by atoms with Crippen molar-refractivity contribution in [3.63, 3.8) is 0 Å². The van der Waals surface area contributed by atoms with E-state index < -0.39 is 18.0 Å². The minimum atomic E-state index is -0.856. The maximum atomic E-state index is 13.0. The van der Waals surface area contributed by atoms with E-state index >= 15 is 0 Å². The van der Waals surface area contributed by atoms with Crippen molar-refractivity contribution >= 4 is 35.1 Å². The van der Waals surface area contributed by atoms with Gasteiger partial charge in [0.1, 0.15) is 12.1 Å². The molecule has 2 aliphatic heterocycles. The largest absolute Gasteiger partial charge is 0.354 e. The number of nitrogens with zero attached hydrogens (tertiary/aromatic N) is 2. The van der Waals surface area contributed by atoms with Gasteiger partial charge in [0.2, 0.25) is 11.8 Å². The quantitative estimate of drug-likeness (QED) is 0.653. The predicted octanol–water partition coefficient (Wildman–Crippen LogP) is 0.387. The summed E-state index contributed by atoms with van der Waals surface area (Å²) in [5.74, 6) is -0.873. The molecular weight excluding hydrogens is 394 g/mol. The zero-order chi connectivity index (χ0) is 21.0. The molecule has 0 aliphatic carbocycles. The lowest BCUT2D eigenvalue weighted by Crippen LogP contribution is -2.64. The normalized spacial score (nSPS) is 22.2. The molecule has 0 bridgehead atoms. The molecule has 0 unspecified atom stereocenters. The highest BCUT2D eigenvalue weighted by molar-refractivity contribution is 7.12. The first-order valence-corrected chi connectivity index (χ1v) is 10.7. The second kappa shape index (κ2) is 9.25. The van der Waals surface area contributed by atoms with E-state index in [0.717, 1.165) is 6.42 Å². The van der Waals surface area contributed by atoms with E-state index in [1.807, 2.05) is 13.8 Å². The number of urea groups is 1. The van der Waals surface area contributed by atoms with Crippen LogP contribution in [0.1, 0.15) is 36.4 Å². The molecule has 0 aromatic carbocycles. The Kier molecular flexibility index (Phi) is 6.73. The first-order chi connectivity index (χ1) is 13.9. The molecule has 0 saturated carbocycles. The van der Waals surface area contributed by atoms with Crippen molar-refractivity contribution in [1.29, 1.82) is 0 Å². The maximum absolute atomic E-state index is 13.0. The van der Waals surface area contributed by atoms with Crippen LogP contribution < -0.4 is 16.0 Å². The van der Waals surface area contributed by atoms with Crippen molar-refractivity contribution in [3.05, 3.63) is 22.4 Å². The molecule has 2 atom stereocenters. The summed E-state index contributed by atoms with van der Waals surface area (Å²) in [6, 6.07) is 1.73. The van der Waals surface area contributed by atoms with Crippen molar-refractivity contribution < 1.29 is 19.2 Å². The Balaban J connectivity index is 1.76. The lowest BCUT2D eigenvalue weighted by molar-refractivity contribution is -0.133. The second-order valence-corrected chi connectivity index (χ2v) is 8.48. The molecule has 29 heavy (non-hydrogen) atoms. The van der Waals surface area contributed by atoms with Gasteiger partial charge in [-0.3, -0.25) is 14.4 Å². The maximum Gasteiger partial charge on any atom is 0.317 e. The smallest absolute Gasteiger partial charge is 0.317 e. The number of carbonyl (C=O) groups excluding carboxylic acids is 4. The molecule has 158 valence electrons. The number of piperazine rings is 1. The molecular formula is C19H27N5O4S. The van der Waals surface area contributed by atoms with Gasteiger partial charge < -0.3 is 25.8 Å². The average molecular weight is 422 g/mol. The summed E-state index contributed by atoms with van der Waals surface area (Å²) in [4.78, 5) is 54.0. The second-order valence-electron chi connectivity index (χ2n) is 7.54. The Bertz CT molecular complexity index is 767. The molecule has 2 aliphatic rings. The minimum Gasteiger partial charge on any atom is -0.354 e. The molecule has 2 fully saturated rings. The fraction of sp³-hybridized carbons (Fsp3) is 0.579. The number of thiophene rings is 1. The van der Waals surface area contributed by atoms with Gasteiger partial charge in [-0.2, -0.15) is 0 Å². The van der Waals surface area contributed by atoms with Crippen LogP contribution in [0.15, 0.2) is 17.5 Å². The van der Waals surface area contributed by atoms with Crippen molar-refractivity contribution in [2.75, 3.05) is 26.2 Å². The number of hydrogen-bond donors (Lipinski definition) is 3. The zero-order valence-corrected chi connectivity index (χ0v) is 17.5. The Labute approximate surface area is 173 Å². The van der Waals surface area contributed by atoms with E-state index in [9.17, 15) is 19.2 Å². The average Bonchev–Trinajstić information content (AvgIpc) is 3.23. The Morgan fingerprint density at radius 3 is 2.72 bits per heavy atom. The summed E-state index contributed by atoms with van der Waals surface area (Å²) < 4.78 is 0. The number of rotatable bonds is 4. The third kappa shape index (κ3) is 5.06. The van der Waals surface area contributed by atoms with Gasteiger partial charge in [-0.1, -0.05) is 6.07 Å². The standard InChI is InChI=1S/C19H27N5O4S/c1-12(2)21-19(28)23-8-9-24(18(27)15-6-4-10-29-15)14(11-23)17(26)22-13-5-3-7-20-16(13)25/h4,6,10,12-14H,3,5,7-9,11H2,1-2H3,(H,20,25)(H,21,28)(H,22,26)/t13-,14+/m0/s1. The van der Waals surface area contributed by atoms with Gasteiger partial charge in [0, 0.05) is 25.7 Å². The molecule has 2 saturated heterocycles. The molecule has 3 rings (SSSR count). The van der Waals surface area contributed by atoms with Crippen LogP contribution >= 0.6 is 11.3 Å². The van der Waals surface area contributed by atoms with Crippen molar-refractivity contribution in [1.82, 2.24) is 25.8 Å². The number of hydrogen-bond acceptors (Lipinski definition) is 5. The van der Waals surface area contributed by atoms with Crippen LogP contribution in [0, 0.1) is 0 Å². The third-order valence-corrected chi connectivity index (χ3v) is 5.83. The van der Waals surface area contributed by atoms with Crippen molar-refractivity contribution in [2.24, 2.45) is 0 Å². The fourth-order valence-electron chi connectivity index (χ4n) is 3.49. The fourth-order valence-corrected chi connectivity index (χ4v) is 4.17. The van der Waals surface area contributed by atoms with Gasteiger partial charge in [-0.05, 0) is 38.1 Å². The van der Waals surface area contributed by atoms with Crippen LogP contribution in [-0.4, -0.2) is 77.9 Å². The zero-order valence-electron chi connectivity index (χ0n) is 16.6. The van der Waals surface area contributed by atoms with Crippen LogP contribution in [0.2, 0.25) is 0 Å². The molecule has 5 amide bonds. The number of carbonyl (C=O) groups is 4. The highest BCUT2D eigenvalue weighted by atomic mass is 32.1. The van der Waals surface area contributed by atoms with E-state index in [1.54, 1.807) is 22.4 Å². The Morgan fingerprint density at radius 2 is 2.07 bits per heavy atom. The monoisotopic (exact) mass is 421 g/mol. The highest BCUT2D eigenvalue weighted by Crippen LogP contribution is 2.18. The van der Waals surface area contributed by atoms with E-state index in [0.29, 0.717) is 24.4 Å². The lowest BCUT2D eigenvalue weighted by Gasteiger charge is -2.41. The third-order valence-electron chi connectivity index (χ3n) is 4.98. The summed E-state index contributed by atoms with van der Waals surface area (Å²) in [5, 5.41) is 10.1. The molecule has 0 radical (unpaired) electrons. The van der Waals surface area contributed by atoms with Crippen LogP contribution in [0.4, 0.5) is 4.79 Å². The van der Waals surface area contributed by atoms with E-state index in [-0.39, 0.29) is 37.0 Å². The topological polar surface area (TPSA) is 111 Å². The lowest BCUT2D eigenvalue weighted by atomic mass is 10.0. The summed E-state index contributed by atoms with van der Waals surface area (Å²) in [5.41, 5.74) is 0. The molecule has 3 N–H and O–H groups in total. The van der Waals surface area contributed by atoms with Crippen LogP contribution in [-0.2, 0) is 9.59 Å². The molecule has 0 spiro atoms. The molecule has 1 aromatic heterocycles. The number of amides is 5.